The normalized spacial score (nSPS) is 13.3. The van der Waals surface area contributed by atoms with E-state index < -0.39 is 0 Å². The molecule has 5 heteroatoms. The average molecular weight is 665 g/mol. The first-order valence-electron chi connectivity index (χ1n) is 17.5. The molecule has 0 atom stereocenters. The largest absolute Gasteiger partial charge is 0.456 e. The average Bonchev–Trinajstić information content (AvgIpc) is 3.89. The summed E-state index contributed by atoms with van der Waals surface area (Å²) in [6, 6.07) is 51.1. The van der Waals surface area contributed by atoms with Gasteiger partial charge in [0.25, 0.3) is 0 Å². The molecule has 1 aliphatic rings. The molecule has 0 unspecified atom stereocenters. The maximum Gasteiger partial charge on any atom is 0.135 e. The monoisotopic (exact) mass is 664 g/mol. The topological polar surface area (TPSA) is 70.6 Å². The minimum atomic E-state index is -0.211. The van der Waals surface area contributed by atoms with E-state index in [2.05, 4.69) is 138 Å². The molecule has 3 heterocycles. The molecule has 0 saturated carbocycles. The van der Waals surface area contributed by atoms with Crippen molar-refractivity contribution in [3.8, 4) is 34.6 Å². The number of rotatable bonds is 2. The fourth-order valence-electron chi connectivity index (χ4n) is 9.08. The third-order valence-electron chi connectivity index (χ3n) is 11.3. The molecule has 0 radical (unpaired) electrons. The minimum absolute atomic E-state index is 0.211. The van der Waals surface area contributed by atoms with Gasteiger partial charge in [0.2, 0.25) is 0 Å². The Balaban J connectivity index is 1.17. The highest BCUT2D eigenvalue weighted by Crippen LogP contribution is 2.53. The molecule has 5 nitrogen and oxygen atoms in total. The Labute approximate surface area is 298 Å². The zero-order chi connectivity index (χ0) is 34.9. The maximum atomic E-state index is 9.98. The molecule has 52 heavy (non-hydrogen) atoms. The quantitative estimate of drug-likeness (QED) is 0.185. The summed E-state index contributed by atoms with van der Waals surface area (Å²) in [7, 11) is 0. The lowest BCUT2D eigenvalue weighted by molar-refractivity contribution is 0.666. The Morgan fingerprint density at radius 3 is 1.79 bits per heavy atom. The Bertz CT molecular complexity index is 3300. The van der Waals surface area contributed by atoms with Crippen LogP contribution in [0.3, 0.4) is 0 Å². The van der Waals surface area contributed by atoms with Crippen LogP contribution in [0.2, 0.25) is 0 Å². The van der Waals surface area contributed by atoms with E-state index in [1.165, 1.54) is 27.6 Å². The van der Waals surface area contributed by atoms with E-state index in [0.29, 0.717) is 11.1 Å². The number of hydrogen-bond donors (Lipinski definition) is 0. The van der Waals surface area contributed by atoms with Crippen LogP contribution in [-0.4, -0.2) is 9.13 Å². The van der Waals surface area contributed by atoms with Gasteiger partial charge < -0.3 is 13.6 Å². The van der Waals surface area contributed by atoms with Crippen molar-refractivity contribution in [2.45, 2.75) is 19.3 Å². The summed E-state index contributed by atoms with van der Waals surface area (Å²) < 4.78 is 11.1. The lowest BCUT2D eigenvalue weighted by atomic mass is 9.80. The third-order valence-corrected chi connectivity index (χ3v) is 11.3. The molecule has 0 saturated heterocycles. The van der Waals surface area contributed by atoms with E-state index >= 15 is 0 Å². The van der Waals surface area contributed by atoms with E-state index in [-0.39, 0.29) is 5.41 Å². The number of nitriles is 2. The number of hydrogen-bond acceptors (Lipinski definition) is 3. The highest BCUT2D eigenvalue weighted by Gasteiger charge is 2.38. The van der Waals surface area contributed by atoms with E-state index in [1.807, 2.05) is 30.3 Å². The van der Waals surface area contributed by atoms with E-state index in [9.17, 15) is 10.5 Å². The van der Waals surface area contributed by atoms with Crippen molar-refractivity contribution < 1.29 is 4.42 Å². The van der Waals surface area contributed by atoms with Gasteiger partial charge in [0.1, 0.15) is 11.2 Å². The predicted molar refractivity (Wildman–Crippen MR) is 209 cm³/mol. The van der Waals surface area contributed by atoms with E-state index in [0.717, 1.165) is 71.5 Å². The molecule has 10 aromatic rings. The summed E-state index contributed by atoms with van der Waals surface area (Å²) in [6.45, 7) is 4.63. The summed E-state index contributed by atoms with van der Waals surface area (Å²) in [6.07, 6.45) is 0. The molecule has 1 aliphatic carbocycles. The molecular formula is C47H28N4O. The SMILES string of the molecule is CC1(C)c2ccccc2-c2ccc3c(c21)c1cc(C#N)ccc1n3-c1ccc2oc3ccc(-n4c5ccccc5c5cc(C#N)ccc54)cc3c2c1. The summed E-state index contributed by atoms with van der Waals surface area (Å²) in [5, 5.41) is 26.1. The van der Waals surface area contributed by atoms with Gasteiger partial charge in [-0.05, 0) is 107 Å². The Kier molecular flexibility index (Phi) is 5.53. The van der Waals surface area contributed by atoms with Crippen molar-refractivity contribution >= 4 is 65.6 Å². The number of fused-ring (bicyclic) bond motifs is 13. The fraction of sp³-hybridized carbons (Fsp3) is 0.0638. The van der Waals surface area contributed by atoms with Crippen LogP contribution < -0.4 is 0 Å². The van der Waals surface area contributed by atoms with Crippen LogP contribution in [-0.2, 0) is 5.41 Å². The molecular weight excluding hydrogens is 637 g/mol. The maximum absolute atomic E-state index is 9.98. The van der Waals surface area contributed by atoms with Crippen LogP contribution in [0.4, 0.5) is 0 Å². The minimum Gasteiger partial charge on any atom is -0.456 e. The molecule has 3 aromatic heterocycles. The molecule has 0 bridgehead atoms. The lowest BCUT2D eigenvalue weighted by Gasteiger charge is -2.22. The van der Waals surface area contributed by atoms with Gasteiger partial charge in [-0.25, -0.2) is 0 Å². The first-order chi connectivity index (χ1) is 25.4. The molecule has 0 aliphatic heterocycles. The smallest absolute Gasteiger partial charge is 0.135 e. The third kappa shape index (κ3) is 3.64. The van der Waals surface area contributed by atoms with E-state index in [4.69, 9.17) is 4.42 Å². The number of furan rings is 1. The summed E-state index contributed by atoms with van der Waals surface area (Å²) >= 11 is 0. The van der Waals surface area contributed by atoms with Gasteiger partial charge >= 0.3 is 0 Å². The molecule has 11 rings (SSSR count). The number of nitrogens with zero attached hydrogens (tertiary/aromatic N) is 4. The van der Waals surface area contributed by atoms with Gasteiger partial charge in [0.15, 0.2) is 0 Å². The molecule has 0 spiro atoms. The van der Waals surface area contributed by atoms with Crippen molar-refractivity contribution in [2.75, 3.05) is 0 Å². The fourth-order valence-corrected chi connectivity index (χ4v) is 9.08. The molecule has 0 N–H and O–H groups in total. The second-order valence-corrected chi connectivity index (χ2v) is 14.4. The van der Waals surface area contributed by atoms with Crippen LogP contribution in [0.5, 0.6) is 0 Å². The van der Waals surface area contributed by atoms with Crippen molar-refractivity contribution in [2.24, 2.45) is 0 Å². The van der Waals surface area contributed by atoms with Crippen LogP contribution >= 0.6 is 0 Å². The zero-order valence-corrected chi connectivity index (χ0v) is 28.4. The molecule has 242 valence electrons. The highest BCUT2D eigenvalue weighted by molar-refractivity contribution is 6.16. The van der Waals surface area contributed by atoms with Crippen molar-refractivity contribution in [3.63, 3.8) is 0 Å². The van der Waals surface area contributed by atoms with Gasteiger partial charge in [-0.1, -0.05) is 62.4 Å². The van der Waals surface area contributed by atoms with Crippen molar-refractivity contribution in [3.05, 3.63) is 156 Å². The van der Waals surface area contributed by atoms with Crippen molar-refractivity contribution in [1.82, 2.24) is 9.13 Å². The number of benzene rings is 7. The summed E-state index contributed by atoms with van der Waals surface area (Å²) in [4.78, 5) is 0. The first kappa shape index (κ1) is 28.7. The van der Waals surface area contributed by atoms with Crippen LogP contribution in [0, 0.1) is 22.7 Å². The van der Waals surface area contributed by atoms with Gasteiger partial charge in [0.05, 0.1) is 45.3 Å². The van der Waals surface area contributed by atoms with Gasteiger partial charge in [-0.3, -0.25) is 0 Å². The zero-order valence-electron chi connectivity index (χ0n) is 28.4. The Hall–Kier alpha value is -7.08. The lowest BCUT2D eigenvalue weighted by Crippen LogP contribution is -2.15. The molecule has 0 fully saturated rings. The summed E-state index contributed by atoms with van der Waals surface area (Å²) in [5.41, 5.74) is 14.2. The van der Waals surface area contributed by atoms with E-state index in [1.54, 1.807) is 0 Å². The number of aromatic nitrogens is 2. The standard InChI is InChI=1S/C47H28N4O/c1-47(2)38-9-5-3-7-31(38)33-15-18-42-45(46(33)47)37-22-28(26-49)12-17-41(37)51(42)30-14-20-44-36(24-30)35-23-29(13-19-43(35)52-44)50-39-10-6-4-8-32(39)34-21-27(25-48)11-16-40(34)50/h3-24H,1-2H3. The van der Waals surface area contributed by atoms with Crippen LogP contribution in [0.15, 0.2) is 138 Å². The number of para-hydroxylation sites is 1. The predicted octanol–water partition coefficient (Wildman–Crippen LogP) is 11.8. The highest BCUT2D eigenvalue weighted by atomic mass is 16.3. The Morgan fingerprint density at radius 2 is 1.08 bits per heavy atom. The second-order valence-electron chi connectivity index (χ2n) is 14.4. The summed E-state index contributed by atoms with van der Waals surface area (Å²) in [5.74, 6) is 0. The second kappa shape index (κ2) is 10.0. The molecule has 0 amide bonds. The van der Waals surface area contributed by atoms with Crippen molar-refractivity contribution in [1.29, 1.82) is 10.5 Å². The van der Waals surface area contributed by atoms with Gasteiger partial charge in [-0.15, -0.1) is 0 Å². The van der Waals surface area contributed by atoms with Crippen LogP contribution in [0.1, 0.15) is 36.1 Å². The van der Waals surface area contributed by atoms with Gasteiger partial charge in [0, 0.05) is 49.1 Å². The first-order valence-corrected chi connectivity index (χ1v) is 17.5. The Morgan fingerprint density at radius 1 is 0.500 bits per heavy atom. The van der Waals surface area contributed by atoms with Gasteiger partial charge in [-0.2, -0.15) is 10.5 Å². The van der Waals surface area contributed by atoms with Crippen LogP contribution in [0.25, 0.3) is 88.1 Å². The molecule has 7 aromatic carbocycles.